The van der Waals surface area contributed by atoms with Crippen LogP contribution in [0, 0.1) is 6.92 Å². The average Bonchev–Trinajstić information content (AvgIpc) is 3.08. The summed E-state index contributed by atoms with van der Waals surface area (Å²) in [7, 11) is 5.14. The van der Waals surface area contributed by atoms with E-state index in [9.17, 15) is 23.1 Å². The molecule has 0 bridgehead atoms. The lowest BCUT2D eigenvalue weighted by Gasteiger charge is -2.29. The van der Waals surface area contributed by atoms with E-state index < -0.39 is 29.1 Å². The van der Waals surface area contributed by atoms with Gasteiger partial charge in [0.15, 0.2) is 0 Å². The molecule has 29 heavy (non-hydrogen) atoms. The molecule has 0 saturated carbocycles. The van der Waals surface area contributed by atoms with Crippen molar-refractivity contribution in [3.05, 3.63) is 45.9 Å². The van der Waals surface area contributed by atoms with Crippen LogP contribution < -0.4 is 10.1 Å². The Kier molecular flexibility index (Phi) is 7.25. The summed E-state index contributed by atoms with van der Waals surface area (Å²) < 4.78 is 45.7. The van der Waals surface area contributed by atoms with Gasteiger partial charge in [0.05, 0.1) is 19.6 Å². The number of aromatic nitrogens is 1. The Morgan fingerprint density at radius 3 is 2.38 bits per heavy atom. The minimum Gasteiger partial charge on any atom is -0.497 e. The van der Waals surface area contributed by atoms with Gasteiger partial charge in [0.25, 0.3) is 0 Å². The number of nitrogens with one attached hydrogen (secondary N) is 1. The van der Waals surface area contributed by atoms with Gasteiger partial charge in [-0.15, -0.1) is 11.3 Å². The number of benzene rings is 1. The number of aryl methyl sites for hydroxylation is 1. The summed E-state index contributed by atoms with van der Waals surface area (Å²) in [6, 6.07) is 6.90. The van der Waals surface area contributed by atoms with Gasteiger partial charge >= 0.3 is 6.18 Å². The molecule has 1 amide bonds. The van der Waals surface area contributed by atoms with E-state index in [0.717, 1.165) is 5.56 Å². The molecule has 2 atom stereocenters. The van der Waals surface area contributed by atoms with E-state index in [0.29, 0.717) is 22.8 Å². The number of carbonyl (C=O) groups is 1. The highest BCUT2D eigenvalue weighted by atomic mass is 32.1. The molecule has 0 radical (unpaired) electrons. The van der Waals surface area contributed by atoms with E-state index in [1.165, 1.54) is 12.3 Å². The maximum atomic E-state index is 13.5. The van der Waals surface area contributed by atoms with Crippen molar-refractivity contribution in [2.24, 2.45) is 0 Å². The molecule has 2 unspecified atom stereocenters. The fraction of sp³-hybridized carbons (Fsp3) is 0.474. The maximum Gasteiger partial charge on any atom is 0.424 e. The first kappa shape index (κ1) is 23.1. The molecular weight excluding hydrogens is 407 g/mol. The predicted octanol–water partition coefficient (Wildman–Crippen LogP) is 3.02. The molecule has 1 heterocycles. The summed E-state index contributed by atoms with van der Waals surface area (Å²) in [5.74, 6) is -0.248. The zero-order chi connectivity index (χ0) is 21.8. The molecule has 0 fully saturated rings. The van der Waals surface area contributed by atoms with Crippen molar-refractivity contribution in [2.75, 3.05) is 27.7 Å². The van der Waals surface area contributed by atoms with Crippen molar-refractivity contribution >= 4 is 17.2 Å². The Hall–Kier alpha value is -2.17. The lowest BCUT2D eigenvalue weighted by atomic mass is 9.99. The fourth-order valence-electron chi connectivity index (χ4n) is 2.77. The van der Waals surface area contributed by atoms with Crippen molar-refractivity contribution in [2.45, 2.75) is 31.2 Å². The molecule has 2 rings (SSSR count). The van der Waals surface area contributed by atoms with Crippen LogP contribution >= 0.6 is 11.3 Å². The molecule has 6 nitrogen and oxygen atoms in total. The van der Waals surface area contributed by atoms with E-state index in [4.69, 9.17) is 4.74 Å². The summed E-state index contributed by atoms with van der Waals surface area (Å²) in [5.41, 5.74) is -2.12. The topological polar surface area (TPSA) is 74.7 Å². The SMILES string of the molecule is COc1ccc(C(CNC(=O)CC(O)(c2nc(C)cs2)C(F)(F)F)N(C)C)cc1. The highest BCUT2D eigenvalue weighted by Crippen LogP contribution is 2.42. The molecule has 1 aromatic carbocycles. The van der Waals surface area contributed by atoms with Gasteiger partial charge in [0.1, 0.15) is 10.8 Å². The zero-order valence-electron chi connectivity index (χ0n) is 16.6. The first-order valence-corrected chi connectivity index (χ1v) is 9.64. The van der Waals surface area contributed by atoms with Crippen molar-refractivity contribution in [3.8, 4) is 5.75 Å². The predicted molar refractivity (Wildman–Crippen MR) is 104 cm³/mol. The third-order valence-corrected chi connectivity index (χ3v) is 5.59. The normalized spacial score (nSPS) is 15.1. The van der Waals surface area contributed by atoms with E-state index in [2.05, 4.69) is 10.3 Å². The standard InChI is InChI=1S/C19H24F3N3O3S/c1-12-11-29-17(24-12)18(27,19(20,21)22)9-16(26)23-10-15(25(2)3)13-5-7-14(28-4)8-6-13/h5-8,11,15,27H,9-10H2,1-4H3,(H,23,26). The third-order valence-electron chi connectivity index (χ3n) is 4.47. The number of rotatable bonds is 8. The largest absolute Gasteiger partial charge is 0.497 e. The second-order valence-corrected chi connectivity index (χ2v) is 7.74. The van der Waals surface area contributed by atoms with Gasteiger partial charge in [0.2, 0.25) is 11.5 Å². The monoisotopic (exact) mass is 431 g/mol. The van der Waals surface area contributed by atoms with Crippen LogP contribution in [0.4, 0.5) is 13.2 Å². The van der Waals surface area contributed by atoms with Crippen LogP contribution in [0.3, 0.4) is 0 Å². The van der Waals surface area contributed by atoms with Crippen LogP contribution in [0.25, 0.3) is 0 Å². The van der Waals surface area contributed by atoms with Gasteiger partial charge in [-0.2, -0.15) is 13.2 Å². The number of halogens is 3. The fourth-order valence-corrected chi connectivity index (χ4v) is 3.69. The molecule has 0 aliphatic rings. The molecule has 0 aliphatic carbocycles. The van der Waals surface area contributed by atoms with Gasteiger partial charge in [-0.1, -0.05) is 12.1 Å². The zero-order valence-corrected chi connectivity index (χ0v) is 17.4. The average molecular weight is 431 g/mol. The number of likely N-dealkylation sites (N-methyl/N-ethyl adjacent to an activating group) is 1. The van der Waals surface area contributed by atoms with Gasteiger partial charge in [-0.3, -0.25) is 4.79 Å². The van der Waals surface area contributed by atoms with Crippen LogP contribution in [0.15, 0.2) is 29.6 Å². The van der Waals surface area contributed by atoms with E-state index >= 15 is 0 Å². The quantitative estimate of drug-likeness (QED) is 0.672. The number of amides is 1. The molecule has 2 N–H and O–H groups in total. The summed E-state index contributed by atoms with van der Waals surface area (Å²) >= 11 is 0.674. The van der Waals surface area contributed by atoms with Crippen molar-refractivity contribution in [3.63, 3.8) is 0 Å². The van der Waals surface area contributed by atoms with Crippen molar-refractivity contribution in [1.29, 1.82) is 0 Å². The van der Waals surface area contributed by atoms with E-state index in [1.54, 1.807) is 33.3 Å². The Labute approximate surface area is 171 Å². The summed E-state index contributed by atoms with van der Waals surface area (Å²) in [5, 5.41) is 13.6. The minimum atomic E-state index is -5.04. The van der Waals surface area contributed by atoms with Gasteiger partial charge in [-0.05, 0) is 38.7 Å². The summed E-state index contributed by atoms with van der Waals surface area (Å²) in [4.78, 5) is 17.9. The Balaban J connectivity index is 2.12. The number of ether oxygens (including phenoxy) is 1. The van der Waals surface area contributed by atoms with Crippen LogP contribution in [0.1, 0.15) is 28.7 Å². The smallest absolute Gasteiger partial charge is 0.424 e. The Morgan fingerprint density at radius 1 is 1.31 bits per heavy atom. The number of hydrogen-bond donors (Lipinski definition) is 2. The second-order valence-electron chi connectivity index (χ2n) is 6.89. The van der Waals surface area contributed by atoms with E-state index in [-0.39, 0.29) is 12.6 Å². The highest BCUT2D eigenvalue weighted by molar-refractivity contribution is 7.09. The number of alkyl halides is 3. The number of hydrogen-bond acceptors (Lipinski definition) is 6. The molecule has 2 aromatic rings. The van der Waals surface area contributed by atoms with Gasteiger partial charge < -0.3 is 20.1 Å². The second kappa shape index (κ2) is 9.10. The van der Waals surface area contributed by atoms with Crippen LogP contribution in [-0.4, -0.2) is 54.8 Å². The molecule has 1 aromatic heterocycles. The number of methoxy groups -OCH3 is 1. The minimum absolute atomic E-state index is 0.0724. The first-order valence-electron chi connectivity index (χ1n) is 8.76. The first-order chi connectivity index (χ1) is 13.5. The lowest BCUT2D eigenvalue weighted by Crippen LogP contribution is -2.47. The Morgan fingerprint density at radius 2 is 1.93 bits per heavy atom. The highest BCUT2D eigenvalue weighted by Gasteiger charge is 2.58. The molecule has 160 valence electrons. The maximum absolute atomic E-state index is 13.5. The molecule has 0 aliphatic heterocycles. The number of thiazole rings is 1. The van der Waals surface area contributed by atoms with Crippen LogP contribution in [0.5, 0.6) is 5.75 Å². The van der Waals surface area contributed by atoms with Gasteiger partial charge in [-0.25, -0.2) is 4.98 Å². The van der Waals surface area contributed by atoms with E-state index in [1.807, 2.05) is 17.0 Å². The molecular formula is C19H24F3N3O3S. The lowest BCUT2D eigenvalue weighted by molar-refractivity contribution is -0.267. The van der Waals surface area contributed by atoms with Crippen LogP contribution in [0.2, 0.25) is 0 Å². The number of aliphatic hydroxyl groups is 1. The Bertz CT molecular complexity index is 824. The van der Waals surface area contributed by atoms with Gasteiger partial charge in [0, 0.05) is 17.6 Å². The van der Waals surface area contributed by atoms with Crippen molar-refractivity contribution < 1.29 is 27.8 Å². The molecule has 0 saturated heterocycles. The molecule has 10 heteroatoms. The molecule has 0 spiro atoms. The number of carbonyl (C=O) groups excluding carboxylic acids is 1. The third kappa shape index (κ3) is 5.46. The summed E-state index contributed by atoms with van der Waals surface area (Å²) in [6.45, 7) is 1.59. The van der Waals surface area contributed by atoms with Crippen LogP contribution in [-0.2, 0) is 10.4 Å². The van der Waals surface area contributed by atoms with Crippen molar-refractivity contribution in [1.82, 2.24) is 15.2 Å². The summed E-state index contributed by atoms with van der Waals surface area (Å²) in [6.07, 6.45) is -6.20. The number of nitrogens with zero attached hydrogens (tertiary/aromatic N) is 2.